The first-order chi connectivity index (χ1) is 23.9. The van der Waals surface area contributed by atoms with Crippen molar-refractivity contribution in [2.24, 2.45) is 0 Å². The van der Waals surface area contributed by atoms with Crippen LogP contribution < -0.4 is 16.0 Å². The fourth-order valence-electron chi connectivity index (χ4n) is 6.41. The number of alkyl halides is 3. The molecule has 0 saturated heterocycles. The lowest BCUT2D eigenvalue weighted by molar-refractivity contribution is -0.141. The van der Waals surface area contributed by atoms with Crippen molar-refractivity contribution >= 4 is 33.0 Å². The van der Waals surface area contributed by atoms with Gasteiger partial charge in [-0.2, -0.15) is 13.2 Å². The highest BCUT2D eigenvalue weighted by Crippen LogP contribution is 2.51. The molecule has 1 aromatic heterocycles. The molecule has 0 spiro atoms. The molecule has 2 aromatic carbocycles. The Labute approximate surface area is 298 Å². The number of carbonyl (C=O) groups is 2. The van der Waals surface area contributed by atoms with Crippen LogP contribution in [0.5, 0.6) is 0 Å². The molecule has 2 amide bonds. The molecule has 3 aromatic rings. The number of aromatic nitrogens is 1. The first-order valence-corrected chi connectivity index (χ1v) is 19.3. The van der Waals surface area contributed by atoms with Crippen molar-refractivity contribution in [3.05, 3.63) is 86.4 Å². The highest BCUT2D eigenvalue weighted by Gasteiger charge is 2.65. The Hall–Kier alpha value is -3.47. The monoisotopic (exact) mass is 758 g/mol. The standard InChI is InChI=1S/C35H43F5N4O5S2/c1-5-9-26(10-6-2)51(48,49)18-27(43-33(46)29-31(35(38,39)40)42-20(4)50-29)32(45)44-30-28(23-14-24(36)16-25(37)15-23)34(30,47)19-41-17-22-12-8-11-21(7-3)13-22/h8,11-16,26-28,30,41,47H,5-7,9-10,17-19H2,1-4H3,(H,43,46)(H,44,45)/t27?,28?,30-,34+/m0/s1. The Kier molecular flexibility index (Phi) is 13.0. The minimum absolute atomic E-state index is 0.0178. The molecule has 2 unspecified atom stereocenters. The summed E-state index contributed by atoms with van der Waals surface area (Å²) in [5.41, 5.74) is -1.30. The summed E-state index contributed by atoms with van der Waals surface area (Å²) in [6.07, 6.45) is -2.69. The van der Waals surface area contributed by atoms with E-state index >= 15 is 0 Å². The lowest BCUT2D eigenvalue weighted by Gasteiger charge is -2.23. The number of hydrogen-bond acceptors (Lipinski definition) is 8. The van der Waals surface area contributed by atoms with E-state index in [4.69, 9.17) is 0 Å². The van der Waals surface area contributed by atoms with E-state index in [1.807, 2.05) is 31.2 Å². The number of halogens is 5. The number of benzene rings is 2. The Morgan fingerprint density at radius 1 is 1.02 bits per heavy atom. The van der Waals surface area contributed by atoms with Gasteiger partial charge in [-0.1, -0.05) is 57.9 Å². The summed E-state index contributed by atoms with van der Waals surface area (Å²) in [5, 5.41) is 18.7. The molecule has 16 heteroatoms. The highest BCUT2D eigenvalue weighted by molar-refractivity contribution is 7.92. The van der Waals surface area contributed by atoms with Gasteiger partial charge in [-0.15, -0.1) is 11.3 Å². The summed E-state index contributed by atoms with van der Waals surface area (Å²) in [6, 6.07) is 7.22. The van der Waals surface area contributed by atoms with Crippen molar-refractivity contribution in [1.82, 2.24) is 20.9 Å². The van der Waals surface area contributed by atoms with E-state index in [0.29, 0.717) is 36.8 Å². The van der Waals surface area contributed by atoms with E-state index in [1.165, 1.54) is 6.92 Å². The maximum absolute atomic E-state index is 14.3. The topological polar surface area (TPSA) is 137 Å². The van der Waals surface area contributed by atoms with Gasteiger partial charge < -0.3 is 21.1 Å². The maximum Gasteiger partial charge on any atom is 0.435 e. The van der Waals surface area contributed by atoms with Gasteiger partial charge in [0, 0.05) is 25.1 Å². The number of amides is 2. The van der Waals surface area contributed by atoms with Crippen molar-refractivity contribution < 1.29 is 45.1 Å². The quantitative estimate of drug-likeness (QED) is 0.132. The number of rotatable bonds is 17. The van der Waals surface area contributed by atoms with Crippen molar-refractivity contribution in [2.45, 2.75) is 101 Å². The first-order valence-electron chi connectivity index (χ1n) is 16.8. The minimum atomic E-state index is -5.00. The lowest BCUT2D eigenvalue weighted by Crippen LogP contribution is -2.53. The zero-order valence-corrected chi connectivity index (χ0v) is 30.4. The second-order valence-corrected chi connectivity index (χ2v) is 16.4. The highest BCUT2D eigenvalue weighted by atomic mass is 32.2. The second kappa shape index (κ2) is 16.5. The zero-order valence-electron chi connectivity index (χ0n) is 28.7. The Balaban J connectivity index is 1.65. The fourth-order valence-corrected chi connectivity index (χ4v) is 9.41. The molecule has 1 saturated carbocycles. The first kappa shape index (κ1) is 40.3. The fraction of sp³-hybridized carbons (Fsp3) is 0.514. The number of thiazole rings is 1. The van der Waals surface area contributed by atoms with E-state index in [9.17, 15) is 45.1 Å². The van der Waals surface area contributed by atoms with Gasteiger partial charge in [0.05, 0.1) is 22.1 Å². The summed E-state index contributed by atoms with van der Waals surface area (Å²) in [7, 11) is -4.11. The van der Waals surface area contributed by atoms with E-state index in [1.54, 1.807) is 13.8 Å². The normalized spacial score (nSPS) is 19.6. The molecule has 1 heterocycles. The van der Waals surface area contributed by atoms with Gasteiger partial charge in [0.1, 0.15) is 28.2 Å². The molecule has 0 bridgehead atoms. The van der Waals surface area contributed by atoms with Gasteiger partial charge in [-0.05, 0) is 55.0 Å². The van der Waals surface area contributed by atoms with Crippen molar-refractivity contribution in [1.29, 1.82) is 0 Å². The van der Waals surface area contributed by atoms with Crippen LogP contribution in [0.15, 0.2) is 42.5 Å². The van der Waals surface area contributed by atoms with Gasteiger partial charge in [-0.25, -0.2) is 22.2 Å². The molecule has 51 heavy (non-hydrogen) atoms. The molecule has 9 nitrogen and oxygen atoms in total. The molecule has 0 radical (unpaired) electrons. The molecule has 1 aliphatic rings. The SMILES string of the molecule is CCCC(CCC)S(=O)(=O)CC(NC(=O)c1sc(C)nc1C(F)(F)F)C(=O)N[C@H]1C(c2cc(F)cc(F)c2)[C@]1(O)CNCc1cccc(CC)c1. The summed E-state index contributed by atoms with van der Waals surface area (Å²) in [5.74, 6) is -6.32. The molecule has 1 aliphatic carbocycles. The van der Waals surface area contributed by atoms with Crippen molar-refractivity contribution in [2.75, 3.05) is 12.3 Å². The van der Waals surface area contributed by atoms with Crippen molar-refractivity contribution in [3.63, 3.8) is 0 Å². The lowest BCUT2D eigenvalue weighted by atomic mass is 10.1. The Morgan fingerprint density at radius 2 is 1.65 bits per heavy atom. The van der Waals surface area contributed by atoms with Gasteiger partial charge in [0.25, 0.3) is 5.91 Å². The van der Waals surface area contributed by atoms with Crippen LogP contribution in [-0.2, 0) is 33.8 Å². The third kappa shape index (κ3) is 9.90. The molecular weight excluding hydrogens is 716 g/mol. The van der Waals surface area contributed by atoms with E-state index in [0.717, 1.165) is 29.7 Å². The van der Waals surface area contributed by atoms with Crippen LogP contribution in [0.3, 0.4) is 0 Å². The van der Waals surface area contributed by atoms with Crippen LogP contribution in [0.1, 0.15) is 89.4 Å². The number of nitrogens with zero attached hydrogens (tertiary/aromatic N) is 1. The molecule has 0 aliphatic heterocycles. The molecule has 4 atom stereocenters. The average molecular weight is 759 g/mol. The Bertz CT molecular complexity index is 1790. The van der Waals surface area contributed by atoms with Gasteiger partial charge in [-0.3, -0.25) is 9.59 Å². The van der Waals surface area contributed by atoms with E-state index in [2.05, 4.69) is 20.9 Å². The average Bonchev–Trinajstić information content (AvgIpc) is 3.38. The predicted octanol–water partition coefficient (Wildman–Crippen LogP) is 5.60. The largest absolute Gasteiger partial charge is 0.435 e. The van der Waals surface area contributed by atoms with Gasteiger partial charge in [0.2, 0.25) is 5.91 Å². The third-order valence-electron chi connectivity index (χ3n) is 8.94. The second-order valence-electron chi connectivity index (χ2n) is 12.9. The number of aliphatic hydroxyl groups is 1. The van der Waals surface area contributed by atoms with Gasteiger partial charge >= 0.3 is 6.18 Å². The summed E-state index contributed by atoms with van der Waals surface area (Å²) in [4.78, 5) is 29.8. The molecule has 280 valence electrons. The molecule has 4 N–H and O–H groups in total. The number of hydrogen-bond donors (Lipinski definition) is 4. The number of aryl methyl sites for hydroxylation is 2. The van der Waals surface area contributed by atoms with Gasteiger partial charge in [0.15, 0.2) is 15.5 Å². The van der Waals surface area contributed by atoms with Crippen molar-refractivity contribution in [3.8, 4) is 0 Å². The summed E-state index contributed by atoms with van der Waals surface area (Å²) < 4.78 is 97.1. The van der Waals surface area contributed by atoms with E-state index < -0.39 is 84.6 Å². The number of sulfone groups is 1. The van der Waals surface area contributed by atoms with E-state index in [-0.39, 0.29) is 30.0 Å². The summed E-state index contributed by atoms with van der Waals surface area (Å²) >= 11 is 0.436. The van der Waals surface area contributed by atoms with Crippen LogP contribution in [0.4, 0.5) is 22.0 Å². The van der Waals surface area contributed by atoms with Crippen LogP contribution in [0.25, 0.3) is 0 Å². The number of carbonyl (C=O) groups excluding carboxylic acids is 2. The number of nitrogens with one attached hydrogen (secondary N) is 3. The zero-order chi connectivity index (χ0) is 37.7. The van der Waals surface area contributed by atoms with Crippen LogP contribution in [-0.4, -0.2) is 65.6 Å². The third-order valence-corrected chi connectivity index (χ3v) is 12.2. The molecular formula is C35H43F5N4O5S2. The predicted molar refractivity (Wildman–Crippen MR) is 184 cm³/mol. The molecule has 1 fully saturated rings. The smallest absolute Gasteiger partial charge is 0.386 e. The Morgan fingerprint density at radius 3 is 2.24 bits per heavy atom. The minimum Gasteiger partial charge on any atom is -0.386 e. The maximum atomic E-state index is 14.3. The van der Waals surface area contributed by atoms with Crippen LogP contribution >= 0.6 is 11.3 Å². The van der Waals surface area contributed by atoms with Crippen LogP contribution in [0, 0.1) is 18.6 Å². The van der Waals surface area contributed by atoms with Crippen LogP contribution in [0.2, 0.25) is 0 Å². The molecule has 4 rings (SSSR count). The summed E-state index contributed by atoms with van der Waals surface area (Å²) in [6.45, 7) is 6.96.